The molecule has 0 aliphatic rings. The largest absolute Gasteiger partial charge is 0.350 e. The van der Waals surface area contributed by atoms with Gasteiger partial charge in [0.1, 0.15) is 0 Å². The van der Waals surface area contributed by atoms with Gasteiger partial charge in [0.15, 0.2) is 0 Å². The molecule has 1 unspecified atom stereocenters. The minimum Gasteiger partial charge on any atom is -0.350 e. The Bertz CT molecular complexity index is 787. The standard InChI is InChI=1S/C22H28N2O2S/c1-5-21(25)24-19-9-7-18(8-10-19)17(4)23-22(26)12-13-27-20-11-6-15(2)16(3)14-20/h6-11,14,17H,5,12-13H2,1-4H3,(H,23,26)(H,24,25). The molecule has 2 aromatic rings. The van der Waals surface area contributed by atoms with Crippen molar-refractivity contribution in [2.45, 2.75) is 51.5 Å². The fourth-order valence-electron chi connectivity index (χ4n) is 2.57. The SMILES string of the molecule is CCC(=O)Nc1ccc(C(C)NC(=O)CCSc2ccc(C)c(C)c2)cc1. The highest BCUT2D eigenvalue weighted by Gasteiger charge is 2.10. The smallest absolute Gasteiger partial charge is 0.224 e. The third-order valence-corrected chi connectivity index (χ3v) is 5.46. The van der Waals surface area contributed by atoms with E-state index in [2.05, 4.69) is 42.7 Å². The summed E-state index contributed by atoms with van der Waals surface area (Å²) in [7, 11) is 0. The van der Waals surface area contributed by atoms with E-state index in [1.54, 1.807) is 11.8 Å². The minimum atomic E-state index is -0.0694. The Balaban J connectivity index is 1.79. The van der Waals surface area contributed by atoms with Gasteiger partial charge in [-0.2, -0.15) is 0 Å². The molecule has 144 valence electrons. The Morgan fingerprint density at radius 1 is 1.00 bits per heavy atom. The molecule has 2 rings (SSSR count). The summed E-state index contributed by atoms with van der Waals surface area (Å²) in [6, 6.07) is 13.9. The van der Waals surface area contributed by atoms with E-state index < -0.39 is 0 Å². The number of hydrogen-bond donors (Lipinski definition) is 2. The number of carbonyl (C=O) groups is 2. The molecule has 27 heavy (non-hydrogen) atoms. The lowest BCUT2D eigenvalue weighted by molar-refractivity contribution is -0.121. The zero-order valence-corrected chi connectivity index (χ0v) is 17.3. The number of carbonyl (C=O) groups excluding carboxylic acids is 2. The summed E-state index contributed by atoms with van der Waals surface area (Å²) in [5.74, 6) is 0.788. The van der Waals surface area contributed by atoms with Crippen LogP contribution >= 0.6 is 11.8 Å². The quantitative estimate of drug-likeness (QED) is 0.629. The van der Waals surface area contributed by atoms with Crippen LogP contribution in [0.3, 0.4) is 0 Å². The Kier molecular flexibility index (Phi) is 7.92. The molecule has 4 nitrogen and oxygen atoms in total. The molecule has 0 bridgehead atoms. The maximum Gasteiger partial charge on any atom is 0.224 e. The van der Waals surface area contributed by atoms with Crippen LogP contribution in [-0.4, -0.2) is 17.6 Å². The molecule has 5 heteroatoms. The summed E-state index contributed by atoms with van der Waals surface area (Å²) < 4.78 is 0. The van der Waals surface area contributed by atoms with E-state index in [1.807, 2.05) is 38.1 Å². The molecule has 1 atom stereocenters. The molecule has 0 heterocycles. The average molecular weight is 385 g/mol. The minimum absolute atomic E-state index is 0.00892. The molecule has 0 aromatic heterocycles. The third-order valence-electron chi connectivity index (χ3n) is 4.47. The molecule has 0 saturated carbocycles. The number of thioether (sulfide) groups is 1. The number of anilines is 1. The summed E-state index contributed by atoms with van der Waals surface area (Å²) in [5.41, 5.74) is 4.34. The Hall–Kier alpha value is -2.27. The van der Waals surface area contributed by atoms with Crippen LogP contribution in [-0.2, 0) is 9.59 Å². The van der Waals surface area contributed by atoms with Crippen LogP contribution in [0, 0.1) is 13.8 Å². The predicted octanol–water partition coefficient (Wildman–Crippen LogP) is 5.01. The summed E-state index contributed by atoms with van der Waals surface area (Å²) in [5, 5.41) is 5.86. The normalized spacial score (nSPS) is 11.7. The first-order chi connectivity index (χ1) is 12.9. The van der Waals surface area contributed by atoms with E-state index in [-0.39, 0.29) is 17.9 Å². The maximum absolute atomic E-state index is 12.2. The number of amides is 2. The van der Waals surface area contributed by atoms with E-state index in [9.17, 15) is 9.59 Å². The second kappa shape index (κ2) is 10.2. The molecule has 0 radical (unpaired) electrons. The highest BCUT2D eigenvalue weighted by Crippen LogP contribution is 2.22. The van der Waals surface area contributed by atoms with Gasteiger partial charge in [-0.25, -0.2) is 0 Å². The molecular weight excluding hydrogens is 356 g/mol. The molecule has 2 amide bonds. The van der Waals surface area contributed by atoms with Gasteiger partial charge in [0.25, 0.3) is 0 Å². The Labute approximate surface area is 166 Å². The van der Waals surface area contributed by atoms with Crippen molar-refractivity contribution in [3.05, 3.63) is 59.2 Å². The number of hydrogen-bond acceptors (Lipinski definition) is 3. The van der Waals surface area contributed by atoms with Gasteiger partial charge >= 0.3 is 0 Å². The number of nitrogens with one attached hydrogen (secondary N) is 2. The number of aryl methyl sites for hydroxylation is 2. The van der Waals surface area contributed by atoms with Crippen molar-refractivity contribution in [2.24, 2.45) is 0 Å². The zero-order chi connectivity index (χ0) is 19.8. The van der Waals surface area contributed by atoms with Gasteiger partial charge in [-0.05, 0) is 61.7 Å². The topological polar surface area (TPSA) is 58.2 Å². The van der Waals surface area contributed by atoms with Crippen LogP contribution in [0.4, 0.5) is 5.69 Å². The van der Waals surface area contributed by atoms with Crippen LogP contribution in [0.25, 0.3) is 0 Å². The lowest BCUT2D eigenvalue weighted by atomic mass is 10.1. The fourth-order valence-corrected chi connectivity index (χ4v) is 3.51. The van der Waals surface area contributed by atoms with Crippen LogP contribution in [0.1, 0.15) is 49.4 Å². The van der Waals surface area contributed by atoms with Crippen molar-refractivity contribution in [3.8, 4) is 0 Å². The highest BCUT2D eigenvalue weighted by atomic mass is 32.2. The van der Waals surface area contributed by atoms with E-state index in [0.29, 0.717) is 12.8 Å². The first kappa shape index (κ1) is 21.0. The molecule has 0 fully saturated rings. The van der Waals surface area contributed by atoms with Crippen molar-refractivity contribution in [1.82, 2.24) is 5.32 Å². The van der Waals surface area contributed by atoms with Crippen molar-refractivity contribution >= 4 is 29.3 Å². The van der Waals surface area contributed by atoms with Crippen LogP contribution in [0.5, 0.6) is 0 Å². The van der Waals surface area contributed by atoms with Crippen molar-refractivity contribution < 1.29 is 9.59 Å². The maximum atomic E-state index is 12.2. The number of rotatable bonds is 8. The van der Waals surface area contributed by atoms with Crippen LogP contribution in [0.15, 0.2) is 47.4 Å². The summed E-state index contributed by atoms with van der Waals surface area (Å²) in [6.07, 6.45) is 0.932. The Morgan fingerprint density at radius 3 is 2.33 bits per heavy atom. The molecule has 0 saturated heterocycles. The average Bonchev–Trinajstić information content (AvgIpc) is 2.65. The first-order valence-electron chi connectivity index (χ1n) is 9.28. The predicted molar refractivity (Wildman–Crippen MR) is 113 cm³/mol. The van der Waals surface area contributed by atoms with Gasteiger partial charge < -0.3 is 10.6 Å². The first-order valence-corrected chi connectivity index (χ1v) is 10.3. The van der Waals surface area contributed by atoms with Gasteiger partial charge in [0, 0.05) is 29.2 Å². The van der Waals surface area contributed by atoms with Gasteiger partial charge in [0.2, 0.25) is 11.8 Å². The van der Waals surface area contributed by atoms with Gasteiger partial charge in [0.05, 0.1) is 6.04 Å². The van der Waals surface area contributed by atoms with Crippen LogP contribution < -0.4 is 10.6 Å². The lowest BCUT2D eigenvalue weighted by Crippen LogP contribution is -2.26. The highest BCUT2D eigenvalue weighted by molar-refractivity contribution is 7.99. The molecule has 2 aromatic carbocycles. The van der Waals surface area contributed by atoms with Crippen molar-refractivity contribution in [1.29, 1.82) is 0 Å². The van der Waals surface area contributed by atoms with Gasteiger partial charge in [-0.15, -0.1) is 11.8 Å². The second-order valence-corrected chi connectivity index (χ2v) is 7.83. The zero-order valence-electron chi connectivity index (χ0n) is 16.5. The van der Waals surface area contributed by atoms with Crippen molar-refractivity contribution in [3.63, 3.8) is 0 Å². The molecule has 0 aliphatic carbocycles. The van der Waals surface area contributed by atoms with Crippen LogP contribution in [0.2, 0.25) is 0 Å². The molecule has 2 N–H and O–H groups in total. The molecular formula is C22H28N2O2S. The van der Waals surface area contributed by atoms with E-state index in [0.717, 1.165) is 17.0 Å². The van der Waals surface area contributed by atoms with Gasteiger partial charge in [-0.3, -0.25) is 9.59 Å². The fraction of sp³-hybridized carbons (Fsp3) is 0.364. The third kappa shape index (κ3) is 6.75. The van der Waals surface area contributed by atoms with E-state index in [1.165, 1.54) is 16.0 Å². The monoisotopic (exact) mass is 384 g/mol. The molecule has 0 spiro atoms. The molecule has 0 aliphatic heterocycles. The Morgan fingerprint density at radius 2 is 1.70 bits per heavy atom. The van der Waals surface area contributed by atoms with Crippen molar-refractivity contribution in [2.75, 3.05) is 11.1 Å². The lowest BCUT2D eigenvalue weighted by Gasteiger charge is -2.15. The van der Waals surface area contributed by atoms with E-state index in [4.69, 9.17) is 0 Å². The second-order valence-electron chi connectivity index (χ2n) is 6.66. The van der Waals surface area contributed by atoms with E-state index >= 15 is 0 Å². The summed E-state index contributed by atoms with van der Waals surface area (Å²) in [4.78, 5) is 24.8. The summed E-state index contributed by atoms with van der Waals surface area (Å²) in [6.45, 7) is 7.99. The van der Waals surface area contributed by atoms with Gasteiger partial charge in [-0.1, -0.05) is 25.1 Å². The number of benzene rings is 2. The summed E-state index contributed by atoms with van der Waals surface area (Å²) >= 11 is 1.70.